The third-order valence-electron chi connectivity index (χ3n) is 7.37. The molecule has 0 atom stereocenters. The number of imidazole rings is 1. The summed E-state index contributed by atoms with van der Waals surface area (Å²) in [6, 6.07) is 38.0. The van der Waals surface area contributed by atoms with E-state index >= 15 is 0 Å². The number of pyridine rings is 1. The van der Waals surface area contributed by atoms with E-state index in [1.165, 1.54) is 5.39 Å². The van der Waals surface area contributed by atoms with Crippen LogP contribution in [-0.4, -0.2) is 19.2 Å². The van der Waals surface area contributed by atoms with Crippen LogP contribution in [0.25, 0.3) is 44.3 Å². The summed E-state index contributed by atoms with van der Waals surface area (Å²) in [5.74, 6) is 1.07. The van der Waals surface area contributed by atoms with Crippen molar-refractivity contribution >= 4 is 32.8 Å². The van der Waals surface area contributed by atoms with E-state index in [2.05, 4.69) is 88.9 Å². The molecule has 6 heteroatoms. The first-order valence-electron chi connectivity index (χ1n) is 12.6. The molecule has 4 aromatic carbocycles. The molecule has 0 saturated carbocycles. The average Bonchev–Trinajstić information content (AvgIpc) is 3.50. The molecule has 0 aliphatic rings. The number of phenols is 1. The second-order valence-electron chi connectivity index (χ2n) is 9.98. The molecule has 0 amide bonds. The fourth-order valence-electron chi connectivity index (χ4n) is 5.41. The SMILES string of the molecule is CC(C)(c1[c-]c2c(cc1)c1ccccc1n2-c1ccccn1)[n+]1[c-]n(-c2ccccc2O)c2ccccc21.[Pt+2]. The number of aromatic nitrogens is 4. The summed E-state index contributed by atoms with van der Waals surface area (Å²) in [5, 5.41) is 12.9. The van der Waals surface area contributed by atoms with Gasteiger partial charge in [-0.05, 0) is 43.5 Å². The van der Waals surface area contributed by atoms with Crippen LogP contribution in [0.2, 0.25) is 0 Å². The van der Waals surface area contributed by atoms with E-state index in [1.807, 2.05) is 59.3 Å². The minimum Gasteiger partial charge on any atom is -0.513 e. The van der Waals surface area contributed by atoms with Crippen molar-refractivity contribution in [1.29, 1.82) is 0 Å². The van der Waals surface area contributed by atoms with Crippen LogP contribution < -0.4 is 4.57 Å². The predicted octanol–water partition coefficient (Wildman–Crippen LogP) is 6.50. The summed E-state index contributed by atoms with van der Waals surface area (Å²) in [5.41, 5.74) is 5.27. The molecule has 0 fully saturated rings. The molecule has 1 N–H and O–H groups in total. The third-order valence-corrected chi connectivity index (χ3v) is 7.37. The van der Waals surface area contributed by atoms with Gasteiger partial charge in [0.15, 0.2) is 0 Å². The first-order valence-corrected chi connectivity index (χ1v) is 12.6. The van der Waals surface area contributed by atoms with Gasteiger partial charge >= 0.3 is 21.1 Å². The Morgan fingerprint density at radius 2 is 1.49 bits per heavy atom. The number of phenolic OH excluding ortho intramolecular Hbond substituents is 1. The van der Waals surface area contributed by atoms with Crippen molar-refractivity contribution in [3.05, 3.63) is 127 Å². The molecule has 0 unspecified atom stereocenters. The van der Waals surface area contributed by atoms with Gasteiger partial charge in [-0.3, -0.25) is 0 Å². The van der Waals surface area contributed by atoms with Crippen molar-refractivity contribution in [3.8, 4) is 17.3 Å². The Labute approximate surface area is 240 Å². The normalized spacial score (nSPS) is 11.7. The molecule has 3 aromatic heterocycles. The van der Waals surface area contributed by atoms with Crippen LogP contribution in [0.5, 0.6) is 5.75 Å². The number of hydrogen-bond acceptors (Lipinski definition) is 2. The van der Waals surface area contributed by atoms with Crippen LogP contribution in [0, 0.1) is 12.4 Å². The summed E-state index contributed by atoms with van der Waals surface area (Å²) in [6.45, 7) is 4.35. The van der Waals surface area contributed by atoms with Gasteiger partial charge in [0.2, 0.25) is 6.33 Å². The Kier molecular flexibility index (Phi) is 6.12. The maximum atomic E-state index is 10.6. The van der Waals surface area contributed by atoms with E-state index in [0.717, 1.165) is 38.8 Å². The number of nitrogens with zero attached hydrogens (tertiary/aromatic N) is 4. The zero-order valence-corrected chi connectivity index (χ0v) is 23.7. The van der Waals surface area contributed by atoms with Gasteiger partial charge in [-0.2, -0.15) is 12.1 Å². The molecule has 0 saturated heterocycles. The van der Waals surface area contributed by atoms with Crippen LogP contribution in [0.1, 0.15) is 19.4 Å². The topological polar surface area (TPSA) is 46.9 Å². The molecular formula is C33H25N4OPt+. The monoisotopic (exact) mass is 688 g/mol. The largest absolute Gasteiger partial charge is 2.00 e. The quantitative estimate of drug-likeness (QED) is 0.170. The number of aromatic hydroxyl groups is 1. The molecule has 0 aliphatic carbocycles. The molecule has 39 heavy (non-hydrogen) atoms. The molecule has 0 spiro atoms. The van der Waals surface area contributed by atoms with Crippen LogP contribution in [0.4, 0.5) is 0 Å². The molecular weight excluding hydrogens is 663 g/mol. The van der Waals surface area contributed by atoms with Gasteiger partial charge in [0.25, 0.3) is 0 Å². The maximum Gasteiger partial charge on any atom is 2.00 e. The van der Waals surface area contributed by atoms with Crippen molar-refractivity contribution in [3.63, 3.8) is 0 Å². The van der Waals surface area contributed by atoms with Gasteiger partial charge in [-0.25, -0.2) is 4.98 Å². The van der Waals surface area contributed by atoms with E-state index in [0.29, 0.717) is 5.69 Å². The van der Waals surface area contributed by atoms with Crippen molar-refractivity contribution in [2.45, 2.75) is 19.4 Å². The Hall–Kier alpha value is -4.21. The van der Waals surface area contributed by atoms with Crippen LogP contribution in [0.15, 0.2) is 109 Å². The molecule has 7 aromatic rings. The molecule has 7 rings (SSSR count). The molecule has 5 nitrogen and oxygen atoms in total. The minimum atomic E-state index is -0.505. The molecule has 0 aliphatic heterocycles. The molecule has 192 valence electrons. The van der Waals surface area contributed by atoms with E-state index in [-0.39, 0.29) is 26.8 Å². The molecule has 3 heterocycles. The minimum absolute atomic E-state index is 0. The molecule has 0 bridgehead atoms. The third kappa shape index (κ3) is 3.88. The van der Waals surface area contributed by atoms with Gasteiger partial charge in [0, 0.05) is 11.7 Å². The van der Waals surface area contributed by atoms with Gasteiger partial charge in [0.05, 0.1) is 22.3 Å². The fourth-order valence-corrected chi connectivity index (χ4v) is 5.41. The Balaban J connectivity index is 0.00000277. The second-order valence-corrected chi connectivity index (χ2v) is 9.98. The summed E-state index contributed by atoms with van der Waals surface area (Å²) in [6.07, 6.45) is 5.36. The van der Waals surface area contributed by atoms with Crippen LogP contribution in [0.3, 0.4) is 0 Å². The van der Waals surface area contributed by atoms with Crippen LogP contribution >= 0.6 is 0 Å². The average molecular weight is 689 g/mol. The van der Waals surface area contributed by atoms with Gasteiger partial charge in [-0.1, -0.05) is 72.2 Å². The number of rotatable bonds is 4. The van der Waals surface area contributed by atoms with Crippen molar-refractivity contribution in [2.24, 2.45) is 0 Å². The Bertz CT molecular complexity index is 1970. The van der Waals surface area contributed by atoms with E-state index in [1.54, 1.807) is 6.07 Å². The fraction of sp³-hybridized carbons (Fsp3) is 0.0909. The van der Waals surface area contributed by atoms with Gasteiger partial charge in [0.1, 0.15) is 11.6 Å². The van der Waals surface area contributed by atoms with Gasteiger partial charge < -0.3 is 18.8 Å². The first-order chi connectivity index (χ1) is 18.5. The number of hydrogen-bond donors (Lipinski definition) is 1. The first kappa shape index (κ1) is 25.1. The number of benzene rings is 4. The number of para-hydroxylation sites is 5. The summed E-state index contributed by atoms with van der Waals surface area (Å²) in [4.78, 5) is 4.66. The van der Waals surface area contributed by atoms with Crippen LogP contribution in [-0.2, 0) is 26.6 Å². The van der Waals surface area contributed by atoms with Gasteiger partial charge in [-0.15, -0.1) is 17.0 Å². The van der Waals surface area contributed by atoms with E-state index in [9.17, 15) is 5.11 Å². The Morgan fingerprint density at radius 3 is 2.28 bits per heavy atom. The summed E-state index contributed by atoms with van der Waals surface area (Å²) < 4.78 is 6.25. The zero-order valence-electron chi connectivity index (χ0n) is 21.4. The second kappa shape index (κ2) is 9.51. The van der Waals surface area contributed by atoms with Crippen molar-refractivity contribution in [2.75, 3.05) is 0 Å². The zero-order chi connectivity index (χ0) is 25.9. The van der Waals surface area contributed by atoms with E-state index in [4.69, 9.17) is 0 Å². The van der Waals surface area contributed by atoms with Crippen molar-refractivity contribution in [1.82, 2.24) is 14.1 Å². The standard InChI is InChI=1S/C33H25N4O.Pt/c1-33(2,36-22-35(27-13-5-6-14-28(27)36)29-15-7-8-16-31(29)38)23-18-19-25-24-11-3-4-12-26(24)37(30(25)21-23)32-17-9-10-20-34-32;/h3-20,38H,1-2H3;/q-1;+2. The molecule has 0 radical (unpaired) electrons. The summed E-state index contributed by atoms with van der Waals surface area (Å²) in [7, 11) is 0. The predicted molar refractivity (Wildman–Crippen MR) is 150 cm³/mol. The maximum absolute atomic E-state index is 10.6. The van der Waals surface area contributed by atoms with E-state index < -0.39 is 5.54 Å². The smallest absolute Gasteiger partial charge is 0.513 e. The summed E-state index contributed by atoms with van der Waals surface area (Å²) >= 11 is 0. The van der Waals surface area contributed by atoms with Crippen molar-refractivity contribution < 1.29 is 30.7 Å². The Morgan fingerprint density at radius 1 is 0.769 bits per heavy atom. The number of fused-ring (bicyclic) bond motifs is 4.